The minimum atomic E-state index is -0.854. The molecule has 2 N–H and O–H groups in total. The van der Waals surface area contributed by atoms with Gasteiger partial charge in [-0.05, 0) is 49.6 Å². The highest BCUT2D eigenvalue weighted by Crippen LogP contribution is 2.18. The second kappa shape index (κ2) is 9.07. The Hall–Kier alpha value is -3.56. The van der Waals surface area contributed by atoms with Gasteiger partial charge in [-0.25, -0.2) is 18.3 Å². The van der Waals surface area contributed by atoms with E-state index in [1.165, 1.54) is 0 Å². The number of rotatable bonds is 5. The summed E-state index contributed by atoms with van der Waals surface area (Å²) in [6.45, 7) is 2.09. The first-order valence-corrected chi connectivity index (χ1v) is 10.1. The maximum absolute atomic E-state index is 13.6. The third-order valence-corrected chi connectivity index (χ3v) is 5.19. The molecule has 3 aromatic rings. The van der Waals surface area contributed by atoms with Crippen LogP contribution in [0.2, 0.25) is 0 Å². The van der Waals surface area contributed by atoms with Crippen LogP contribution in [0.1, 0.15) is 29.6 Å². The molecule has 0 unspecified atom stereocenters. The van der Waals surface area contributed by atoms with Crippen LogP contribution in [0.3, 0.4) is 0 Å². The lowest BCUT2D eigenvalue weighted by Crippen LogP contribution is -2.35. The molecular formula is C21H22F2N6O2. The van der Waals surface area contributed by atoms with E-state index in [9.17, 15) is 18.4 Å². The molecule has 0 aliphatic carbocycles. The minimum absolute atomic E-state index is 0.00233. The molecule has 4 rings (SSSR count). The lowest BCUT2D eigenvalue weighted by molar-refractivity contribution is 0.0724. The minimum Gasteiger partial charge on any atom is -0.339 e. The fraction of sp³-hybridized carbons (Fsp3) is 0.333. The fourth-order valence-electron chi connectivity index (χ4n) is 3.58. The van der Waals surface area contributed by atoms with Crippen molar-refractivity contribution in [2.75, 3.05) is 25.0 Å². The highest BCUT2D eigenvalue weighted by atomic mass is 19.1. The number of benzene rings is 2. The summed E-state index contributed by atoms with van der Waals surface area (Å²) in [5.41, 5.74) is 1.80. The van der Waals surface area contributed by atoms with Gasteiger partial charge >= 0.3 is 6.03 Å². The van der Waals surface area contributed by atoms with Gasteiger partial charge in [0.25, 0.3) is 5.91 Å². The number of halogens is 2. The summed E-state index contributed by atoms with van der Waals surface area (Å²) in [6.07, 6.45) is 3.21. The monoisotopic (exact) mass is 428 g/mol. The number of aromatic nitrogens is 3. The maximum Gasteiger partial charge on any atom is 0.319 e. The van der Waals surface area contributed by atoms with Gasteiger partial charge in [-0.3, -0.25) is 4.79 Å². The first kappa shape index (κ1) is 20.7. The van der Waals surface area contributed by atoms with Crippen LogP contribution in [-0.4, -0.2) is 51.5 Å². The molecule has 162 valence electrons. The number of fused-ring (bicyclic) bond motifs is 1. The average Bonchev–Trinajstić information content (AvgIpc) is 3.18. The van der Waals surface area contributed by atoms with Crippen LogP contribution in [0.5, 0.6) is 0 Å². The number of carbonyl (C=O) groups excluding carboxylic acids is 2. The molecule has 31 heavy (non-hydrogen) atoms. The van der Waals surface area contributed by atoms with Gasteiger partial charge in [0.15, 0.2) is 0 Å². The Kier molecular flexibility index (Phi) is 6.06. The number of amides is 3. The van der Waals surface area contributed by atoms with Crippen molar-refractivity contribution in [3.05, 3.63) is 53.6 Å². The average molecular weight is 428 g/mol. The number of piperidine rings is 1. The van der Waals surface area contributed by atoms with E-state index in [1.807, 2.05) is 4.90 Å². The number of carbonyl (C=O) groups is 2. The number of urea groups is 1. The van der Waals surface area contributed by atoms with Crippen LogP contribution in [0.4, 0.5) is 19.3 Å². The highest BCUT2D eigenvalue weighted by Gasteiger charge is 2.19. The van der Waals surface area contributed by atoms with Crippen LogP contribution >= 0.6 is 0 Å². The maximum atomic E-state index is 13.6. The molecule has 1 saturated heterocycles. The molecule has 2 aromatic carbocycles. The van der Waals surface area contributed by atoms with Gasteiger partial charge in [-0.1, -0.05) is 5.21 Å². The molecule has 0 spiro atoms. The first-order chi connectivity index (χ1) is 15.0. The summed E-state index contributed by atoms with van der Waals surface area (Å²) in [5.74, 6) is -1.57. The predicted molar refractivity (Wildman–Crippen MR) is 111 cm³/mol. The Balaban J connectivity index is 1.34. The zero-order chi connectivity index (χ0) is 21.8. The third kappa shape index (κ3) is 4.79. The lowest BCUT2D eigenvalue weighted by Gasteiger charge is -2.26. The topological polar surface area (TPSA) is 92.1 Å². The SMILES string of the molecule is O=C(NCCn1nnc2cc(C(=O)N3CCCCC3)ccc21)Nc1ccc(F)cc1F. The van der Waals surface area contributed by atoms with E-state index in [2.05, 4.69) is 20.9 Å². The van der Waals surface area contributed by atoms with Gasteiger partial charge in [0.2, 0.25) is 0 Å². The van der Waals surface area contributed by atoms with E-state index in [-0.39, 0.29) is 18.1 Å². The summed E-state index contributed by atoms with van der Waals surface area (Å²) in [5, 5.41) is 13.1. The van der Waals surface area contributed by atoms with Crippen LogP contribution in [0, 0.1) is 11.6 Å². The Morgan fingerprint density at radius 3 is 2.61 bits per heavy atom. The van der Waals surface area contributed by atoms with Gasteiger partial charge in [-0.15, -0.1) is 5.10 Å². The molecule has 10 heteroatoms. The Labute approximate surface area is 177 Å². The van der Waals surface area contributed by atoms with E-state index >= 15 is 0 Å². The van der Waals surface area contributed by atoms with E-state index < -0.39 is 17.7 Å². The van der Waals surface area contributed by atoms with Gasteiger partial charge in [0.1, 0.15) is 17.2 Å². The highest BCUT2D eigenvalue weighted by molar-refractivity contribution is 5.97. The van der Waals surface area contributed by atoms with E-state index in [4.69, 9.17) is 0 Å². The number of hydrogen-bond acceptors (Lipinski definition) is 4. The Bertz CT molecular complexity index is 1110. The molecule has 0 saturated carbocycles. The van der Waals surface area contributed by atoms with Gasteiger partial charge in [-0.2, -0.15) is 0 Å². The van der Waals surface area contributed by atoms with E-state index in [0.29, 0.717) is 23.7 Å². The molecule has 3 amide bonds. The normalized spacial score (nSPS) is 13.9. The number of likely N-dealkylation sites (tertiary alicyclic amines) is 1. The molecule has 0 atom stereocenters. The largest absolute Gasteiger partial charge is 0.339 e. The van der Waals surface area contributed by atoms with Crippen molar-refractivity contribution in [3.63, 3.8) is 0 Å². The lowest BCUT2D eigenvalue weighted by atomic mass is 10.1. The van der Waals surface area contributed by atoms with Crippen LogP contribution in [-0.2, 0) is 6.54 Å². The number of hydrogen-bond donors (Lipinski definition) is 2. The molecule has 1 fully saturated rings. The van der Waals surface area contributed by atoms with Crippen molar-refractivity contribution in [2.45, 2.75) is 25.8 Å². The zero-order valence-electron chi connectivity index (χ0n) is 16.8. The molecule has 0 bridgehead atoms. The van der Waals surface area contributed by atoms with E-state index in [1.54, 1.807) is 22.9 Å². The van der Waals surface area contributed by atoms with Gasteiger partial charge < -0.3 is 15.5 Å². The van der Waals surface area contributed by atoms with E-state index in [0.717, 1.165) is 50.0 Å². The van der Waals surface area contributed by atoms with Crippen LogP contribution in [0.25, 0.3) is 11.0 Å². The standard InChI is InChI=1S/C21H22F2N6O2/c22-15-5-6-17(16(23)13-15)25-21(31)24-8-11-29-19-7-4-14(12-18(19)26-27-29)20(30)28-9-2-1-3-10-28/h4-7,12-13H,1-3,8-11H2,(H2,24,25,31). The summed E-state index contributed by atoms with van der Waals surface area (Å²) < 4.78 is 28.2. The van der Waals surface area contributed by atoms with Gasteiger partial charge in [0, 0.05) is 31.3 Å². The zero-order valence-corrected chi connectivity index (χ0v) is 16.8. The molecule has 1 aliphatic heterocycles. The van der Waals surface area contributed by atoms with Crippen molar-refractivity contribution >= 4 is 28.7 Å². The smallest absolute Gasteiger partial charge is 0.319 e. The predicted octanol–water partition coefficient (Wildman–Crippen LogP) is 3.16. The quantitative estimate of drug-likeness (QED) is 0.653. The summed E-state index contributed by atoms with van der Waals surface area (Å²) in [4.78, 5) is 26.5. The molecule has 2 heterocycles. The van der Waals surface area contributed by atoms with Crippen molar-refractivity contribution in [3.8, 4) is 0 Å². The first-order valence-electron chi connectivity index (χ1n) is 10.1. The molecular weight excluding hydrogens is 406 g/mol. The van der Waals surface area contributed by atoms with Crippen molar-refractivity contribution in [1.29, 1.82) is 0 Å². The number of anilines is 1. The van der Waals surface area contributed by atoms with Crippen molar-refractivity contribution < 1.29 is 18.4 Å². The van der Waals surface area contributed by atoms with Crippen LogP contribution in [0.15, 0.2) is 36.4 Å². The Morgan fingerprint density at radius 1 is 1.03 bits per heavy atom. The molecule has 8 nitrogen and oxygen atoms in total. The summed E-state index contributed by atoms with van der Waals surface area (Å²) >= 11 is 0. The Morgan fingerprint density at radius 2 is 1.84 bits per heavy atom. The second-order valence-electron chi connectivity index (χ2n) is 7.37. The number of nitrogens with zero attached hydrogens (tertiary/aromatic N) is 4. The summed E-state index contributed by atoms with van der Waals surface area (Å²) in [7, 11) is 0. The molecule has 1 aromatic heterocycles. The number of nitrogens with one attached hydrogen (secondary N) is 2. The van der Waals surface area contributed by atoms with Crippen molar-refractivity contribution in [2.24, 2.45) is 0 Å². The molecule has 0 radical (unpaired) electrons. The van der Waals surface area contributed by atoms with Crippen molar-refractivity contribution in [1.82, 2.24) is 25.2 Å². The fourth-order valence-corrected chi connectivity index (χ4v) is 3.58. The second-order valence-corrected chi connectivity index (χ2v) is 7.37. The molecule has 1 aliphatic rings. The van der Waals surface area contributed by atoms with Gasteiger partial charge in [0.05, 0.1) is 17.7 Å². The third-order valence-electron chi connectivity index (χ3n) is 5.19. The summed E-state index contributed by atoms with van der Waals surface area (Å²) in [6, 6.07) is 7.57. The van der Waals surface area contributed by atoms with Crippen LogP contribution < -0.4 is 10.6 Å².